The van der Waals surface area contributed by atoms with Gasteiger partial charge in [-0.15, -0.1) is 11.8 Å². The highest BCUT2D eigenvalue weighted by atomic mass is 32.2. The van der Waals surface area contributed by atoms with Crippen LogP contribution in [0.3, 0.4) is 0 Å². The first-order valence-corrected chi connectivity index (χ1v) is 12.8. The molecule has 2 amide bonds. The monoisotopic (exact) mass is 511 g/mol. The largest absolute Gasteiger partial charge is 0.508 e. The molecule has 9 nitrogen and oxygen atoms in total. The van der Waals surface area contributed by atoms with E-state index in [1.807, 2.05) is 11.8 Å². The number of thioether (sulfide) groups is 1. The molecule has 2 aliphatic heterocycles. The number of anilines is 1. The molecule has 188 valence electrons. The molecule has 0 bridgehead atoms. The number of fused-ring (bicyclic) bond motifs is 1. The summed E-state index contributed by atoms with van der Waals surface area (Å²) < 4.78 is 16.9. The Kier molecular flexibility index (Phi) is 6.59. The highest BCUT2D eigenvalue weighted by Gasteiger charge is 2.35. The Morgan fingerprint density at radius 3 is 2.61 bits per heavy atom. The maximum Gasteiger partial charge on any atom is 0.275 e. The molecule has 2 aliphatic rings. The number of carbonyl (C=O) groups excluding carboxylic acids is 2. The summed E-state index contributed by atoms with van der Waals surface area (Å²) in [6.07, 6.45) is 1.46. The van der Waals surface area contributed by atoms with Crippen molar-refractivity contribution in [3.63, 3.8) is 0 Å². The highest BCUT2D eigenvalue weighted by Crippen LogP contribution is 2.37. The number of nitrogens with one attached hydrogen (secondary N) is 2. The average molecular weight is 512 g/mol. The molecule has 1 unspecified atom stereocenters. The lowest BCUT2D eigenvalue weighted by molar-refractivity contribution is -0.130. The highest BCUT2D eigenvalue weighted by molar-refractivity contribution is 8.00. The Labute approximate surface area is 210 Å². The summed E-state index contributed by atoms with van der Waals surface area (Å²) in [5, 5.41) is 13.6. The summed E-state index contributed by atoms with van der Waals surface area (Å²) in [4.78, 5) is 41.0. The Morgan fingerprint density at radius 1 is 1.19 bits per heavy atom. The van der Waals surface area contributed by atoms with Crippen molar-refractivity contribution in [3.8, 4) is 5.75 Å². The number of hydrogen-bond acceptors (Lipinski definition) is 7. The molecular formula is C25H26FN5O4S. The van der Waals surface area contributed by atoms with Crippen LogP contribution in [0.25, 0.3) is 10.9 Å². The molecule has 0 saturated carbocycles. The molecule has 0 spiro atoms. The van der Waals surface area contributed by atoms with Gasteiger partial charge in [-0.2, -0.15) is 0 Å². The number of carbonyl (C=O) groups is 2. The lowest BCUT2D eigenvalue weighted by atomic mass is 10.1. The Hall–Kier alpha value is -3.57. The van der Waals surface area contributed by atoms with Crippen molar-refractivity contribution in [3.05, 3.63) is 69.8 Å². The van der Waals surface area contributed by atoms with Crippen molar-refractivity contribution in [2.45, 2.75) is 18.8 Å². The van der Waals surface area contributed by atoms with Gasteiger partial charge >= 0.3 is 0 Å². The van der Waals surface area contributed by atoms with E-state index in [9.17, 15) is 19.5 Å². The molecule has 3 N–H and O–H groups in total. The van der Waals surface area contributed by atoms with E-state index in [1.54, 1.807) is 22.8 Å². The number of aryl methyl sites for hydroxylation is 1. The van der Waals surface area contributed by atoms with Crippen LogP contribution in [0.4, 0.5) is 10.1 Å². The van der Waals surface area contributed by atoms with Gasteiger partial charge in [0.2, 0.25) is 5.43 Å². The van der Waals surface area contributed by atoms with Gasteiger partial charge in [0.25, 0.3) is 11.8 Å². The number of phenols is 1. The van der Waals surface area contributed by atoms with Crippen molar-refractivity contribution < 1.29 is 19.1 Å². The van der Waals surface area contributed by atoms with Crippen molar-refractivity contribution in [2.75, 3.05) is 36.8 Å². The maximum atomic E-state index is 15.1. The fourth-order valence-corrected chi connectivity index (χ4v) is 5.68. The SMILES string of the molecule is CCn1cc(C(=O)NN2C(=O)CSC2c2ccc(O)cc2)c(=O)c2cc(F)c(N3CCNCC3)cc21. The number of benzene rings is 2. The smallest absolute Gasteiger partial charge is 0.275 e. The third-order valence-electron chi connectivity index (χ3n) is 6.46. The van der Waals surface area contributed by atoms with Gasteiger partial charge in [-0.1, -0.05) is 12.1 Å². The molecule has 0 aliphatic carbocycles. The normalized spacial score (nSPS) is 18.2. The number of hydrogen-bond donors (Lipinski definition) is 3. The first-order valence-electron chi connectivity index (χ1n) is 11.7. The minimum atomic E-state index is -0.740. The molecule has 2 fully saturated rings. The predicted molar refractivity (Wildman–Crippen MR) is 137 cm³/mol. The fraction of sp³-hybridized carbons (Fsp3) is 0.320. The molecule has 11 heteroatoms. The zero-order chi connectivity index (χ0) is 25.4. The van der Waals surface area contributed by atoms with Crippen molar-refractivity contribution in [2.24, 2.45) is 0 Å². The number of aromatic hydroxyl groups is 1. The topological polar surface area (TPSA) is 107 Å². The molecule has 0 radical (unpaired) electrons. The molecule has 2 saturated heterocycles. The fourth-order valence-electron chi connectivity index (χ4n) is 4.57. The minimum Gasteiger partial charge on any atom is -0.508 e. The van der Waals surface area contributed by atoms with Crippen molar-refractivity contribution >= 4 is 40.2 Å². The minimum absolute atomic E-state index is 0.0901. The number of amides is 2. The summed E-state index contributed by atoms with van der Waals surface area (Å²) in [6.45, 7) is 5.14. The van der Waals surface area contributed by atoms with Crippen LogP contribution in [0.15, 0.2) is 47.4 Å². The predicted octanol–water partition coefficient (Wildman–Crippen LogP) is 2.19. The van der Waals surface area contributed by atoms with Gasteiger partial charge in [0, 0.05) is 44.3 Å². The van der Waals surface area contributed by atoms with Crippen LogP contribution >= 0.6 is 11.8 Å². The molecule has 1 aromatic heterocycles. The number of nitrogens with zero attached hydrogens (tertiary/aromatic N) is 3. The van der Waals surface area contributed by atoms with E-state index < -0.39 is 22.5 Å². The van der Waals surface area contributed by atoms with Gasteiger partial charge in [0.1, 0.15) is 22.5 Å². The molecular weight excluding hydrogens is 485 g/mol. The van der Waals surface area contributed by atoms with Gasteiger partial charge in [-0.05, 0) is 36.8 Å². The van der Waals surface area contributed by atoms with Crippen LogP contribution in [0, 0.1) is 5.82 Å². The number of hydrazine groups is 1. The quantitative estimate of drug-likeness (QED) is 0.482. The first kappa shape index (κ1) is 24.1. The molecule has 3 heterocycles. The average Bonchev–Trinajstić information content (AvgIpc) is 3.25. The molecule has 1 atom stereocenters. The summed E-state index contributed by atoms with van der Waals surface area (Å²) in [5.41, 5.74) is 3.50. The lowest BCUT2D eigenvalue weighted by Crippen LogP contribution is -2.46. The summed E-state index contributed by atoms with van der Waals surface area (Å²) >= 11 is 1.32. The number of halogens is 1. The number of aromatic nitrogens is 1. The van der Waals surface area contributed by atoms with Crippen LogP contribution in [-0.2, 0) is 11.3 Å². The zero-order valence-electron chi connectivity index (χ0n) is 19.7. The number of piperazine rings is 1. The molecule has 3 aromatic rings. The van der Waals surface area contributed by atoms with E-state index in [4.69, 9.17) is 0 Å². The van der Waals surface area contributed by atoms with Crippen LogP contribution < -0.4 is 21.1 Å². The number of phenolic OH excluding ortho intramolecular Hbond substituents is 1. The second kappa shape index (κ2) is 9.82. The first-order chi connectivity index (χ1) is 17.4. The van der Waals surface area contributed by atoms with E-state index in [0.29, 0.717) is 30.8 Å². The summed E-state index contributed by atoms with van der Waals surface area (Å²) in [6, 6.07) is 9.22. The summed E-state index contributed by atoms with van der Waals surface area (Å²) in [7, 11) is 0. The van der Waals surface area contributed by atoms with E-state index in [1.165, 1.54) is 41.2 Å². The summed E-state index contributed by atoms with van der Waals surface area (Å²) in [5.74, 6) is -1.32. The van der Waals surface area contributed by atoms with Crippen LogP contribution in [0.1, 0.15) is 28.2 Å². The van der Waals surface area contributed by atoms with Gasteiger partial charge in [0.05, 0.1) is 17.0 Å². The van der Waals surface area contributed by atoms with Gasteiger partial charge in [-0.25, -0.2) is 9.40 Å². The standard InChI is InChI=1S/C25H26FN5O4S/c1-2-29-13-18(23(34)17-11-19(26)21(12-20(17)29)30-9-7-27-8-10-30)24(35)28-31-22(33)14-36-25(31)15-3-5-16(32)6-4-15/h3-6,11-13,25,27,32H,2,7-10,14H2,1H3,(H,28,35). The van der Waals surface area contributed by atoms with Crippen LogP contribution in [-0.4, -0.2) is 58.4 Å². The van der Waals surface area contributed by atoms with Gasteiger partial charge in [0.15, 0.2) is 0 Å². The van der Waals surface area contributed by atoms with Crippen LogP contribution in [0.2, 0.25) is 0 Å². The van der Waals surface area contributed by atoms with E-state index in [2.05, 4.69) is 10.7 Å². The second-order valence-electron chi connectivity index (χ2n) is 8.68. The Bertz CT molecular complexity index is 1390. The van der Waals surface area contributed by atoms with Crippen molar-refractivity contribution in [1.82, 2.24) is 20.3 Å². The molecule has 5 rings (SSSR count). The van der Waals surface area contributed by atoms with E-state index in [-0.39, 0.29) is 28.4 Å². The van der Waals surface area contributed by atoms with Crippen LogP contribution in [0.5, 0.6) is 5.75 Å². The third kappa shape index (κ3) is 4.40. The number of pyridine rings is 1. The second-order valence-corrected chi connectivity index (χ2v) is 9.74. The van der Waals surface area contributed by atoms with Crippen molar-refractivity contribution in [1.29, 1.82) is 0 Å². The number of rotatable bonds is 5. The third-order valence-corrected chi connectivity index (χ3v) is 7.67. The lowest BCUT2D eigenvalue weighted by Gasteiger charge is -2.30. The molecule has 36 heavy (non-hydrogen) atoms. The van der Waals surface area contributed by atoms with Gasteiger partial charge in [-0.3, -0.25) is 19.8 Å². The zero-order valence-corrected chi connectivity index (χ0v) is 20.5. The van der Waals surface area contributed by atoms with E-state index in [0.717, 1.165) is 18.7 Å². The Balaban J connectivity index is 1.49. The molecule has 2 aromatic carbocycles. The Morgan fingerprint density at radius 2 is 1.92 bits per heavy atom. The van der Waals surface area contributed by atoms with Gasteiger partial charge < -0.3 is 19.9 Å². The van der Waals surface area contributed by atoms with E-state index >= 15 is 4.39 Å². The maximum absolute atomic E-state index is 15.1.